The molecule has 1 saturated heterocycles. The lowest BCUT2D eigenvalue weighted by atomic mass is 9.93. The third kappa shape index (κ3) is 5.33. The molecule has 1 aliphatic heterocycles. The monoisotopic (exact) mass is 516 g/mol. The van der Waals surface area contributed by atoms with Gasteiger partial charge in [0.05, 0.1) is 25.3 Å². The molecule has 5 rings (SSSR count). The van der Waals surface area contributed by atoms with Gasteiger partial charge in [-0.15, -0.1) is 0 Å². The van der Waals surface area contributed by atoms with Gasteiger partial charge < -0.3 is 14.0 Å². The molecule has 4 aromatic rings. The van der Waals surface area contributed by atoms with Gasteiger partial charge in [0.15, 0.2) is 5.65 Å². The molecule has 4 heterocycles. The second kappa shape index (κ2) is 10.7. The van der Waals surface area contributed by atoms with Crippen molar-refractivity contribution in [3.63, 3.8) is 0 Å². The first-order valence-corrected chi connectivity index (χ1v) is 13.0. The van der Waals surface area contributed by atoms with E-state index >= 15 is 0 Å². The maximum atomic E-state index is 11.8. The number of nitrogens with zero attached hydrogens (tertiary/aromatic N) is 6. The van der Waals surface area contributed by atoms with Crippen molar-refractivity contribution in [2.75, 3.05) is 20.2 Å². The summed E-state index contributed by atoms with van der Waals surface area (Å²) in [6, 6.07) is 13.8. The molecular formula is C27H28N6O3S. The first kappa shape index (κ1) is 24.9. The number of pyridine rings is 1. The molecule has 0 spiro atoms. The van der Waals surface area contributed by atoms with Crippen molar-refractivity contribution in [3.8, 4) is 11.9 Å². The number of hydrogen-bond donors (Lipinski definition) is 0. The summed E-state index contributed by atoms with van der Waals surface area (Å²) in [5.41, 5.74) is 4.39. The molecule has 3 aromatic heterocycles. The minimum atomic E-state index is -0.431. The number of nitriles is 1. The SMILES string of the molecule is COC(=O)c1nc2nc(CN3CCC(c4cccc(OCc5ccc(C#N)cc5C)n4)CC3)n(C)c2s1. The van der Waals surface area contributed by atoms with Crippen LogP contribution in [0.5, 0.6) is 5.88 Å². The van der Waals surface area contributed by atoms with E-state index in [4.69, 9.17) is 19.7 Å². The zero-order valence-electron chi connectivity index (χ0n) is 21.1. The van der Waals surface area contributed by atoms with Gasteiger partial charge >= 0.3 is 5.97 Å². The highest BCUT2D eigenvalue weighted by Gasteiger charge is 2.24. The normalized spacial score (nSPS) is 14.5. The summed E-state index contributed by atoms with van der Waals surface area (Å²) in [7, 11) is 3.32. The lowest BCUT2D eigenvalue weighted by Crippen LogP contribution is -2.33. The van der Waals surface area contributed by atoms with Crippen molar-refractivity contribution in [1.82, 2.24) is 24.4 Å². The van der Waals surface area contributed by atoms with Crippen molar-refractivity contribution in [1.29, 1.82) is 5.26 Å². The van der Waals surface area contributed by atoms with Gasteiger partial charge in [-0.05, 0) is 62.2 Å². The summed E-state index contributed by atoms with van der Waals surface area (Å²) in [6.07, 6.45) is 2.02. The van der Waals surface area contributed by atoms with Crippen LogP contribution >= 0.6 is 11.3 Å². The molecule has 1 fully saturated rings. The smallest absolute Gasteiger partial charge is 0.367 e. The van der Waals surface area contributed by atoms with Crippen LogP contribution in [-0.2, 0) is 24.9 Å². The van der Waals surface area contributed by atoms with E-state index in [0.717, 1.165) is 60.0 Å². The number of aryl methyl sites for hydroxylation is 2. The Bertz CT molecular complexity index is 1480. The summed E-state index contributed by atoms with van der Waals surface area (Å²) in [4.78, 5) is 28.8. The fourth-order valence-corrected chi connectivity index (χ4v) is 5.54. The minimum Gasteiger partial charge on any atom is -0.473 e. The second-order valence-corrected chi connectivity index (χ2v) is 10.2. The van der Waals surface area contributed by atoms with E-state index < -0.39 is 5.97 Å². The quantitative estimate of drug-likeness (QED) is 0.334. The van der Waals surface area contributed by atoms with Crippen LogP contribution in [0.3, 0.4) is 0 Å². The molecule has 1 aliphatic rings. The van der Waals surface area contributed by atoms with Crippen LogP contribution in [0, 0.1) is 18.3 Å². The van der Waals surface area contributed by atoms with E-state index in [2.05, 4.69) is 27.0 Å². The maximum Gasteiger partial charge on any atom is 0.367 e. The average Bonchev–Trinajstić information content (AvgIpc) is 3.47. The maximum absolute atomic E-state index is 11.8. The highest BCUT2D eigenvalue weighted by atomic mass is 32.1. The van der Waals surface area contributed by atoms with E-state index in [1.54, 1.807) is 0 Å². The largest absolute Gasteiger partial charge is 0.473 e. The number of aromatic nitrogens is 4. The van der Waals surface area contributed by atoms with Gasteiger partial charge in [0, 0.05) is 24.7 Å². The Kier molecular flexibility index (Phi) is 7.17. The number of imidazole rings is 1. The second-order valence-electron chi connectivity index (χ2n) is 9.22. The fourth-order valence-electron chi connectivity index (χ4n) is 4.63. The number of carbonyl (C=O) groups is 1. The Labute approximate surface area is 219 Å². The Hall–Kier alpha value is -3.81. The van der Waals surface area contributed by atoms with Crippen LogP contribution in [0.1, 0.15) is 56.8 Å². The molecule has 0 aliphatic carbocycles. The van der Waals surface area contributed by atoms with Gasteiger partial charge in [-0.3, -0.25) is 4.90 Å². The van der Waals surface area contributed by atoms with E-state index in [-0.39, 0.29) is 0 Å². The van der Waals surface area contributed by atoms with Crippen LogP contribution in [0.25, 0.3) is 10.5 Å². The number of hydrogen-bond acceptors (Lipinski definition) is 9. The van der Waals surface area contributed by atoms with Crippen LogP contribution in [0.15, 0.2) is 36.4 Å². The molecule has 0 N–H and O–H groups in total. The molecule has 10 heteroatoms. The first-order valence-electron chi connectivity index (χ1n) is 12.2. The Morgan fingerprint density at radius 3 is 2.70 bits per heavy atom. The summed E-state index contributed by atoms with van der Waals surface area (Å²) < 4.78 is 12.8. The van der Waals surface area contributed by atoms with Crippen molar-refractivity contribution in [2.45, 2.75) is 38.8 Å². The van der Waals surface area contributed by atoms with Crippen molar-refractivity contribution >= 4 is 27.8 Å². The molecule has 0 radical (unpaired) electrons. The van der Waals surface area contributed by atoms with Gasteiger partial charge in [-0.1, -0.05) is 23.5 Å². The summed E-state index contributed by atoms with van der Waals surface area (Å²) >= 11 is 1.31. The molecule has 0 amide bonds. The predicted molar refractivity (Wildman–Crippen MR) is 139 cm³/mol. The third-order valence-corrected chi connectivity index (χ3v) is 7.94. The molecule has 9 nitrogen and oxygen atoms in total. The van der Waals surface area contributed by atoms with Crippen LogP contribution in [0.4, 0.5) is 0 Å². The Morgan fingerprint density at radius 2 is 2.00 bits per heavy atom. The lowest BCUT2D eigenvalue weighted by molar-refractivity contribution is 0.0600. The number of piperidine rings is 1. The van der Waals surface area contributed by atoms with E-state index in [0.29, 0.717) is 34.6 Å². The van der Waals surface area contributed by atoms with E-state index in [1.165, 1.54) is 18.4 Å². The molecule has 37 heavy (non-hydrogen) atoms. The number of methoxy groups -OCH3 is 1. The number of fused-ring (bicyclic) bond motifs is 1. The van der Waals surface area contributed by atoms with Crippen molar-refractivity contribution < 1.29 is 14.3 Å². The standard InChI is InChI=1S/C27H28N6O3S/c1-17-13-18(14-28)7-8-20(17)16-36-23-6-4-5-21(29-23)19-9-11-33(12-10-19)15-22-30-24-26(32(22)2)37-25(31-24)27(34)35-3/h4-8,13,19H,9-12,15-16H2,1-3H3. The van der Waals surface area contributed by atoms with Crippen LogP contribution < -0.4 is 4.74 Å². The van der Waals surface area contributed by atoms with E-state index in [1.807, 2.05) is 48.9 Å². The molecule has 1 aromatic carbocycles. The Morgan fingerprint density at radius 1 is 1.19 bits per heavy atom. The van der Waals surface area contributed by atoms with Gasteiger partial charge in [0.25, 0.3) is 0 Å². The molecule has 0 atom stereocenters. The van der Waals surface area contributed by atoms with Gasteiger partial charge in [0.1, 0.15) is 17.3 Å². The van der Waals surface area contributed by atoms with Crippen molar-refractivity contribution in [2.24, 2.45) is 7.05 Å². The average molecular weight is 517 g/mol. The summed E-state index contributed by atoms with van der Waals surface area (Å²) in [5, 5.41) is 9.38. The van der Waals surface area contributed by atoms with Crippen LogP contribution in [-0.4, -0.2) is 50.6 Å². The summed E-state index contributed by atoms with van der Waals surface area (Å²) in [5.74, 6) is 1.51. The molecule has 190 valence electrons. The topological polar surface area (TPSA) is 106 Å². The number of carbonyl (C=O) groups excluding carboxylic acids is 1. The van der Waals surface area contributed by atoms with Crippen molar-refractivity contribution in [3.05, 3.63) is 69.6 Å². The number of likely N-dealkylation sites (tertiary alicyclic amines) is 1. The molecular weight excluding hydrogens is 488 g/mol. The Balaban J connectivity index is 1.17. The number of esters is 1. The molecule has 0 bridgehead atoms. The molecule has 0 unspecified atom stereocenters. The predicted octanol–water partition coefficient (Wildman–Crippen LogP) is 4.35. The van der Waals surface area contributed by atoms with Gasteiger partial charge in [-0.25, -0.2) is 19.7 Å². The third-order valence-electron chi connectivity index (χ3n) is 6.84. The highest BCUT2D eigenvalue weighted by molar-refractivity contribution is 7.19. The zero-order chi connectivity index (χ0) is 25.9. The van der Waals surface area contributed by atoms with E-state index in [9.17, 15) is 4.79 Å². The number of ether oxygens (including phenoxy) is 2. The lowest BCUT2D eigenvalue weighted by Gasteiger charge is -2.31. The fraction of sp³-hybridized carbons (Fsp3) is 0.370. The number of thiazole rings is 1. The molecule has 0 saturated carbocycles. The summed E-state index contributed by atoms with van der Waals surface area (Å²) in [6.45, 7) is 5.04. The first-order chi connectivity index (χ1) is 17.9. The van der Waals surface area contributed by atoms with Crippen LogP contribution in [0.2, 0.25) is 0 Å². The number of rotatable bonds is 7. The number of benzene rings is 1. The zero-order valence-corrected chi connectivity index (χ0v) is 21.9. The van der Waals surface area contributed by atoms with Gasteiger partial charge in [-0.2, -0.15) is 5.26 Å². The minimum absolute atomic E-state index is 0.328. The highest BCUT2D eigenvalue weighted by Crippen LogP contribution is 2.30. The van der Waals surface area contributed by atoms with Gasteiger partial charge in [0.2, 0.25) is 10.9 Å².